The van der Waals surface area contributed by atoms with Crippen LogP contribution in [-0.4, -0.2) is 23.9 Å². The molecule has 1 aromatic carbocycles. The number of rotatable bonds is 4. The highest BCUT2D eigenvalue weighted by Gasteiger charge is 2.20. The van der Waals surface area contributed by atoms with Gasteiger partial charge in [0.2, 0.25) is 0 Å². The van der Waals surface area contributed by atoms with Crippen LogP contribution in [0.3, 0.4) is 0 Å². The van der Waals surface area contributed by atoms with Gasteiger partial charge in [-0.3, -0.25) is 0 Å². The van der Waals surface area contributed by atoms with E-state index in [0.717, 1.165) is 32.3 Å². The van der Waals surface area contributed by atoms with Crippen molar-refractivity contribution >= 4 is 21.4 Å². The highest BCUT2D eigenvalue weighted by atomic mass is 32.1. The third-order valence-corrected chi connectivity index (χ3v) is 4.59. The number of hydrogen-bond donors (Lipinski definition) is 1. The third-order valence-electron chi connectivity index (χ3n) is 3.58. The number of thiophene rings is 1. The second kappa shape index (κ2) is 5.39. The Morgan fingerprint density at radius 1 is 1.39 bits per heavy atom. The van der Waals surface area contributed by atoms with Gasteiger partial charge in [0, 0.05) is 11.3 Å². The highest BCUT2D eigenvalue weighted by Crippen LogP contribution is 2.27. The molecule has 2 unspecified atom stereocenters. The molecule has 3 rings (SSSR count). The van der Waals surface area contributed by atoms with Crippen LogP contribution in [0.2, 0.25) is 0 Å². The highest BCUT2D eigenvalue weighted by molar-refractivity contribution is 7.17. The van der Waals surface area contributed by atoms with Crippen LogP contribution in [0.1, 0.15) is 24.8 Å². The van der Waals surface area contributed by atoms with E-state index in [2.05, 4.69) is 29.6 Å². The molecule has 1 aliphatic rings. The summed E-state index contributed by atoms with van der Waals surface area (Å²) in [7, 11) is 0. The summed E-state index contributed by atoms with van der Waals surface area (Å²) in [5, 5.41) is 13.6. The Balaban J connectivity index is 1.67. The summed E-state index contributed by atoms with van der Waals surface area (Å²) in [4.78, 5) is 0. The summed E-state index contributed by atoms with van der Waals surface area (Å²) in [5.74, 6) is 0. The molecule has 3 heteroatoms. The molecular weight excluding hydrogens is 244 g/mol. The van der Waals surface area contributed by atoms with Crippen molar-refractivity contribution < 1.29 is 9.84 Å². The standard InChI is InChI=1S/C15H18O2S/c16-12(9-13-4-3-7-17-13)8-11-10-18-15-6-2-1-5-14(11)15/h1-2,5-6,10,12-13,16H,3-4,7-9H2. The number of aliphatic hydroxyl groups is 1. The Morgan fingerprint density at radius 3 is 3.11 bits per heavy atom. The molecule has 1 N–H and O–H groups in total. The Bertz CT molecular complexity index is 514. The van der Waals surface area contributed by atoms with Crippen LogP contribution in [0.5, 0.6) is 0 Å². The van der Waals surface area contributed by atoms with Gasteiger partial charge >= 0.3 is 0 Å². The number of benzene rings is 1. The van der Waals surface area contributed by atoms with Crippen molar-refractivity contribution in [1.82, 2.24) is 0 Å². The Hall–Kier alpha value is -0.900. The maximum absolute atomic E-state index is 10.2. The summed E-state index contributed by atoms with van der Waals surface area (Å²) in [6.45, 7) is 0.860. The summed E-state index contributed by atoms with van der Waals surface area (Å²) in [5.41, 5.74) is 1.26. The lowest BCUT2D eigenvalue weighted by molar-refractivity contribution is 0.0542. The molecule has 2 nitrogen and oxygen atoms in total. The molecular formula is C15H18O2S. The molecule has 0 aliphatic carbocycles. The van der Waals surface area contributed by atoms with Crippen LogP contribution in [0, 0.1) is 0 Å². The molecule has 1 aromatic heterocycles. The maximum atomic E-state index is 10.2. The monoisotopic (exact) mass is 262 g/mol. The molecule has 0 amide bonds. The lowest BCUT2D eigenvalue weighted by Gasteiger charge is -2.14. The van der Waals surface area contributed by atoms with Gasteiger partial charge in [-0.2, -0.15) is 0 Å². The molecule has 2 heterocycles. The molecule has 0 saturated carbocycles. The van der Waals surface area contributed by atoms with E-state index in [0.29, 0.717) is 0 Å². The fraction of sp³-hybridized carbons (Fsp3) is 0.467. The average molecular weight is 262 g/mol. The van der Waals surface area contributed by atoms with Crippen molar-refractivity contribution in [3.8, 4) is 0 Å². The molecule has 2 atom stereocenters. The van der Waals surface area contributed by atoms with Crippen LogP contribution in [0.4, 0.5) is 0 Å². The smallest absolute Gasteiger partial charge is 0.0605 e. The van der Waals surface area contributed by atoms with Crippen molar-refractivity contribution in [2.75, 3.05) is 6.61 Å². The first-order chi connectivity index (χ1) is 8.83. The number of aliphatic hydroxyl groups excluding tert-OH is 1. The van der Waals surface area contributed by atoms with Crippen molar-refractivity contribution in [3.05, 3.63) is 35.2 Å². The van der Waals surface area contributed by atoms with E-state index in [4.69, 9.17) is 4.74 Å². The number of ether oxygens (including phenoxy) is 1. The molecule has 1 saturated heterocycles. The molecule has 0 bridgehead atoms. The fourth-order valence-corrected chi connectivity index (χ4v) is 3.64. The fourth-order valence-electron chi connectivity index (χ4n) is 2.66. The van der Waals surface area contributed by atoms with E-state index < -0.39 is 0 Å². The predicted molar refractivity (Wildman–Crippen MR) is 75.1 cm³/mol. The molecule has 18 heavy (non-hydrogen) atoms. The maximum Gasteiger partial charge on any atom is 0.0605 e. The SMILES string of the molecule is OC(Cc1csc2ccccc12)CC1CCCO1. The summed E-state index contributed by atoms with van der Waals surface area (Å²) in [6.07, 6.45) is 3.73. The normalized spacial score (nSPS) is 21.5. The van der Waals surface area contributed by atoms with Gasteiger partial charge in [-0.25, -0.2) is 0 Å². The first-order valence-corrected chi connectivity index (χ1v) is 7.45. The van der Waals surface area contributed by atoms with Gasteiger partial charge in [0.15, 0.2) is 0 Å². The first-order valence-electron chi connectivity index (χ1n) is 6.57. The van der Waals surface area contributed by atoms with Crippen LogP contribution in [-0.2, 0) is 11.2 Å². The summed E-state index contributed by atoms with van der Waals surface area (Å²) in [6, 6.07) is 8.40. The predicted octanol–water partition coefficient (Wildman–Crippen LogP) is 3.37. The van der Waals surface area contributed by atoms with E-state index in [1.807, 2.05) is 0 Å². The molecule has 1 aliphatic heterocycles. The van der Waals surface area contributed by atoms with Gasteiger partial charge in [-0.05, 0) is 48.1 Å². The number of hydrogen-bond acceptors (Lipinski definition) is 3. The van der Waals surface area contributed by atoms with Crippen molar-refractivity contribution in [2.24, 2.45) is 0 Å². The van der Waals surface area contributed by atoms with Crippen LogP contribution in [0.25, 0.3) is 10.1 Å². The summed E-state index contributed by atoms with van der Waals surface area (Å²) >= 11 is 1.76. The zero-order chi connectivity index (χ0) is 12.4. The lowest BCUT2D eigenvalue weighted by Crippen LogP contribution is -2.19. The van der Waals surface area contributed by atoms with Gasteiger partial charge in [0.25, 0.3) is 0 Å². The first kappa shape index (κ1) is 12.2. The van der Waals surface area contributed by atoms with Gasteiger partial charge in [-0.15, -0.1) is 11.3 Å². The zero-order valence-corrected chi connectivity index (χ0v) is 11.2. The second-order valence-electron chi connectivity index (χ2n) is 4.99. The minimum atomic E-state index is -0.286. The third kappa shape index (κ3) is 2.58. The lowest BCUT2D eigenvalue weighted by atomic mass is 10.0. The van der Waals surface area contributed by atoms with Crippen molar-refractivity contribution in [3.63, 3.8) is 0 Å². The van der Waals surface area contributed by atoms with Gasteiger partial charge in [0.05, 0.1) is 12.2 Å². The Kier molecular flexibility index (Phi) is 3.64. The van der Waals surface area contributed by atoms with E-state index in [1.165, 1.54) is 15.6 Å². The molecule has 1 fully saturated rings. The van der Waals surface area contributed by atoms with Crippen molar-refractivity contribution in [1.29, 1.82) is 0 Å². The summed E-state index contributed by atoms with van der Waals surface area (Å²) < 4.78 is 6.88. The zero-order valence-electron chi connectivity index (χ0n) is 10.3. The van der Waals surface area contributed by atoms with Gasteiger partial charge in [0.1, 0.15) is 0 Å². The van der Waals surface area contributed by atoms with Crippen molar-refractivity contribution in [2.45, 2.75) is 37.9 Å². The average Bonchev–Trinajstić information content (AvgIpc) is 3.00. The van der Waals surface area contributed by atoms with Gasteiger partial charge in [-0.1, -0.05) is 18.2 Å². The van der Waals surface area contributed by atoms with Crippen LogP contribution >= 0.6 is 11.3 Å². The van der Waals surface area contributed by atoms with Crippen LogP contribution in [0.15, 0.2) is 29.6 Å². The van der Waals surface area contributed by atoms with Crippen LogP contribution < -0.4 is 0 Å². The van der Waals surface area contributed by atoms with E-state index in [1.54, 1.807) is 11.3 Å². The largest absolute Gasteiger partial charge is 0.393 e. The molecule has 0 radical (unpaired) electrons. The molecule has 0 spiro atoms. The minimum Gasteiger partial charge on any atom is -0.393 e. The quantitative estimate of drug-likeness (QED) is 0.915. The van der Waals surface area contributed by atoms with E-state index in [9.17, 15) is 5.11 Å². The van der Waals surface area contributed by atoms with E-state index >= 15 is 0 Å². The number of fused-ring (bicyclic) bond motifs is 1. The van der Waals surface area contributed by atoms with Gasteiger partial charge < -0.3 is 9.84 Å². The van der Waals surface area contributed by atoms with E-state index in [-0.39, 0.29) is 12.2 Å². The minimum absolute atomic E-state index is 0.268. The second-order valence-corrected chi connectivity index (χ2v) is 5.90. The Morgan fingerprint density at radius 2 is 2.28 bits per heavy atom. The topological polar surface area (TPSA) is 29.5 Å². The molecule has 96 valence electrons. The Labute approximate surface area is 111 Å². The molecule has 2 aromatic rings.